The lowest BCUT2D eigenvalue weighted by Gasteiger charge is -2.29. The van der Waals surface area contributed by atoms with Gasteiger partial charge >= 0.3 is 0 Å². The average molecular weight is 619 g/mol. The maximum atomic E-state index is 4.41. The van der Waals surface area contributed by atoms with Crippen molar-refractivity contribution in [2.24, 2.45) is 0 Å². The number of hydrogen-bond donors (Lipinski definition) is 0. The molecule has 0 heterocycles. The second-order valence-corrected chi connectivity index (χ2v) is 11.8. The van der Waals surface area contributed by atoms with Crippen molar-refractivity contribution in [1.82, 2.24) is 0 Å². The first-order valence-electron chi connectivity index (χ1n) is 16.5. The first-order chi connectivity index (χ1) is 23.7. The quantitative estimate of drug-likeness (QED) is 0.167. The van der Waals surface area contributed by atoms with E-state index in [1.807, 2.05) is 0 Å². The Balaban J connectivity index is 1.26. The van der Waals surface area contributed by atoms with Crippen LogP contribution in [0, 0.1) is 0 Å². The summed E-state index contributed by atoms with van der Waals surface area (Å²) in [5.41, 5.74) is 11.3. The number of anilines is 5. The molecule has 0 saturated carbocycles. The summed E-state index contributed by atoms with van der Waals surface area (Å²) in [4.78, 5) is 4.68. The van der Waals surface area contributed by atoms with Crippen LogP contribution in [-0.2, 0) is 0 Å². The standard InChI is InChI=1S/C46H38N2/c1-3-16-45(43-24-12-4-7-17-35(43)2)47(39-20-8-5-9-21-39)41-31-27-36(28-32-41)37-29-33-42(34-30-37)48(40-22-10-6-11-23-40)46-26-15-19-38-18-13-14-25-44(38)46/h3-23,25-34H,2,24H2,1H3/b16-3-,45-43+. The van der Waals surface area contributed by atoms with Crippen LogP contribution >= 0.6 is 0 Å². The van der Waals surface area contributed by atoms with E-state index < -0.39 is 0 Å². The van der Waals surface area contributed by atoms with Gasteiger partial charge in [0.1, 0.15) is 0 Å². The van der Waals surface area contributed by atoms with Crippen molar-refractivity contribution < 1.29 is 0 Å². The lowest BCUT2D eigenvalue weighted by Crippen LogP contribution is -2.17. The number of fused-ring (bicyclic) bond motifs is 1. The Hall–Kier alpha value is -6.12. The van der Waals surface area contributed by atoms with Gasteiger partial charge in [0, 0.05) is 33.8 Å². The molecule has 48 heavy (non-hydrogen) atoms. The Morgan fingerprint density at radius 3 is 1.83 bits per heavy atom. The van der Waals surface area contributed by atoms with E-state index in [9.17, 15) is 0 Å². The van der Waals surface area contributed by atoms with Crippen LogP contribution in [0.3, 0.4) is 0 Å². The molecule has 7 rings (SSSR count). The molecule has 0 aliphatic heterocycles. The molecular weight excluding hydrogens is 581 g/mol. The monoisotopic (exact) mass is 618 g/mol. The van der Waals surface area contributed by atoms with Gasteiger partial charge in [-0.15, -0.1) is 0 Å². The Morgan fingerprint density at radius 2 is 1.15 bits per heavy atom. The minimum Gasteiger partial charge on any atom is -0.310 e. The predicted octanol–water partition coefficient (Wildman–Crippen LogP) is 13.0. The summed E-state index contributed by atoms with van der Waals surface area (Å²) in [6.07, 6.45) is 13.6. The van der Waals surface area contributed by atoms with Crippen LogP contribution in [0.15, 0.2) is 212 Å². The van der Waals surface area contributed by atoms with Crippen LogP contribution in [0.1, 0.15) is 13.3 Å². The molecule has 0 N–H and O–H groups in total. The third-order valence-electron chi connectivity index (χ3n) is 8.75. The van der Waals surface area contributed by atoms with E-state index in [4.69, 9.17) is 0 Å². The molecule has 0 radical (unpaired) electrons. The minimum atomic E-state index is 0.818. The van der Waals surface area contributed by atoms with Crippen molar-refractivity contribution in [3.8, 4) is 11.1 Å². The second kappa shape index (κ2) is 14.1. The van der Waals surface area contributed by atoms with E-state index in [1.54, 1.807) is 0 Å². The minimum absolute atomic E-state index is 0.818. The molecule has 6 aromatic rings. The van der Waals surface area contributed by atoms with Gasteiger partial charge in [0.15, 0.2) is 0 Å². The number of allylic oxidation sites excluding steroid dienone is 8. The SMILES string of the molecule is C=C1C=CC=CC/C1=C(/C=C\C)N(c1ccccc1)c1ccc(-c2ccc(N(c3ccccc3)c3cccc4ccccc34)cc2)cc1. The first kappa shape index (κ1) is 30.5. The fraction of sp³-hybridized carbons (Fsp3) is 0.0435. The molecule has 0 saturated heterocycles. The molecule has 0 unspecified atom stereocenters. The van der Waals surface area contributed by atoms with Crippen molar-refractivity contribution in [1.29, 1.82) is 0 Å². The first-order valence-corrected chi connectivity index (χ1v) is 16.5. The molecule has 2 nitrogen and oxygen atoms in total. The van der Waals surface area contributed by atoms with Crippen LogP contribution < -0.4 is 9.80 Å². The van der Waals surface area contributed by atoms with E-state index in [0.717, 1.165) is 46.1 Å². The third kappa shape index (κ3) is 6.29. The molecule has 0 bridgehead atoms. The fourth-order valence-corrected chi connectivity index (χ4v) is 6.42. The number of rotatable bonds is 8. The van der Waals surface area contributed by atoms with Gasteiger partial charge in [-0.1, -0.05) is 134 Å². The van der Waals surface area contributed by atoms with E-state index in [-0.39, 0.29) is 0 Å². The zero-order chi connectivity index (χ0) is 32.7. The van der Waals surface area contributed by atoms with Gasteiger partial charge in [-0.05, 0) is 102 Å². The van der Waals surface area contributed by atoms with Gasteiger partial charge < -0.3 is 9.80 Å². The van der Waals surface area contributed by atoms with Gasteiger partial charge in [0.05, 0.1) is 5.69 Å². The summed E-state index contributed by atoms with van der Waals surface area (Å²) in [5.74, 6) is 0. The summed E-state index contributed by atoms with van der Waals surface area (Å²) < 4.78 is 0. The number of benzene rings is 6. The van der Waals surface area contributed by atoms with Crippen molar-refractivity contribution in [3.05, 3.63) is 212 Å². The number of hydrogen-bond acceptors (Lipinski definition) is 2. The normalized spacial score (nSPS) is 13.9. The molecule has 0 fully saturated rings. The van der Waals surface area contributed by atoms with E-state index >= 15 is 0 Å². The topological polar surface area (TPSA) is 6.48 Å². The second-order valence-electron chi connectivity index (χ2n) is 11.8. The van der Waals surface area contributed by atoms with Crippen molar-refractivity contribution in [2.75, 3.05) is 9.80 Å². The average Bonchev–Trinajstić information content (AvgIpc) is 3.37. The molecule has 0 atom stereocenters. The van der Waals surface area contributed by atoms with Gasteiger partial charge in [0.25, 0.3) is 0 Å². The van der Waals surface area contributed by atoms with Gasteiger partial charge in [-0.25, -0.2) is 0 Å². The summed E-state index contributed by atoms with van der Waals surface area (Å²) >= 11 is 0. The zero-order valence-corrected chi connectivity index (χ0v) is 27.2. The number of para-hydroxylation sites is 2. The molecule has 0 aromatic heterocycles. The summed E-state index contributed by atoms with van der Waals surface area (Å²) in [7, 11) is 0. The molecule has 1 aliphatic rings. The summed E-state index contributed by atoms with van der Waals surface area (Å²) in [5, 5.41) is 2.44. The van der Waals surface area contributed by atoms with Crippen molar-refractivity contribution in [2.45, 2.75) is 13.3 Å². The van der Waals surface area contributed by atoms with Crippen LogP contribution in [0.25, 0.3) is 21.9 Å². The van der Waals surface area contributed by atoms with E-state index in [0.29, 0.717) is 0 Å². The molecule has 1 aliphatic carbocycles. The van der Waals surface area contributed by atoms with Gasteiger partial charge in [-0.3, -0.25) is 0 Å². The Labute approximate surface area is 284 Å². The highest BCUT2D eigenvalue weighted by atomic mass is 15.2. The highest BCUT2D eigenvalue weighted by Gasteiger charge is 2.19. The van der Waals surface area contributed by atoms with Crippen LogP contribution in [-0.4, -0.2) is 0 Å². The molecule has 0 spiro atoms. The van der Waals surface area contributed by atoms with Gasteiger partial charge in [0.2, 0.25) is 0 Å². The molecule has 6 aromatic carbocycles. The van der Waals surface area contributed by atoms with Gasteiger partial charge in [-0.2, -0.15) is 0 Å². The highest BCUT2D eigenvalue weighted by molar-refractivity contribution is 5.99. The Morgan fingerprint density at radius 1 is 0.583 bits per heavy atom. The lowest BCUT2D eigenvalue weighted by atomic mass is 9.99. The smallest absolute Gasteiger partial charge is 0.0540 e. The third-order valence-corrected chi connectivity index (χ3v) is 8.75. The van der Waals surface area contributed by atoms with Crippen LogP contribution in [0.5, 0.6) is 0 Å². The maximum absolute atomic E-state index is 4.41. The van der Waals surface area contributed by atoms with E-state index in [1.165, 1.54) is 27.5 Å². The molecule has 232 valence electrons. The van der Waals surface area contributed by atoms with E-state index in [2.05, 4.69) is 211 Å². The summed E-state index contributed by atoms with van der Waals surface area (Å²) in [6.45, 7) is 6.48. The largest absolute Gasteiger partial charge is 0.310 e. The highest BCUT2D eigenvalue weighted by Crippen LogP contribution is 2.40. The molecule has 2 heteroatoms. The lowest BCUT2D eigenvalue weighted by molar-refractivity contribution is 1.12. The van der Waals surface area contributed by atoms with Crippen molar-refractivity contribution >= 4 is 39.2 Å². The summed E-state index contributed by atoms with van der Waals surface area (Å²) in [6, 6.07) is 54.0. The van der Waals surface area contributed by atoms with Crippen molar-refractivity contribution in [3.63, 3.8) is 0 Å². The predicted molar refractivity (Wildman–Crippen MR) is 207 cm³/mol. The number of nitrogens with zero attached hydrogens (tertiary/aromatic N) is 2. The Bertz CT molecular complexity index is 2140. The van der Waals surface area contributed by atoms with Crippen LogP contribution in [0.2, 0.25) is 0 Å². The zero-order valence-electron chi connectivity index (χ0n) is 27.2. The Kier molecular flexibility index (Phi) is 8.97. The van der Waals surface area contributed by atoms with Crippen LogP contribution in [0.4, 0.5) is 28.4 Å². The molecular formula is C46H38N2. The fourth-order valence-electron chi connectivity index (χ4n) is 6.42. The maximum Gasteiger partial charge on any atom is 0.0540 e. The molecule has 0 amide bonds.